The molecule has 0 radical (unpaired) electrons. The maximum atomic E-state index is 12.6. The third-order valence-electron chi connectivity index (χ3n) is 4.99. The van der Waals surface area contributed by atoms with Crippen LogP contribution in [0.5, 0.6) is 11.5 Å². The topological polar surface area (TPSA) is 93.7 Å². The average molecular weight is 441 g/mol. The molecule has 1 aliphatic rings. The Morgan fingerprint density at radius 3 is 2.55 bits per heavy atom. The van der Waals surface area contributed by atoms with Gasteiger partial charge in [-0.2, -0.15) is 0 Å². The minimum Gasteiger partial charge on any atom is -0.495 e. The molecule has 3 aromatic rings. The average Bonchev–Trinajstić information content (AvgIpc) is 3.59. The molecule has 1 saturated carbocycles. The maximum absolute atomic E-state index is 12.6. The van der Waals surface area contributed by atoms with Crippen molar-refractivity contribution in [3.63, 3.8) is 0 Å². The largest absolute Gasteiger partial charge is 0.495 e. The first kappa shape index (κ1) is 21.1. The van der Waals surface area contributed by atoms with E-state index in [-0.39, 0.29) is 41.3 Å². The molecule has 1 aliphatic carbocycles. The van der Waals surface area contributed by atoms with Crippen molar-refractivity contribution < 1.29 is 22.7 Å². The van der Waals surface area contributed by atoms with Crippen molar-refractivity contribution in [1.82, 2.24) is 10.0 Å². The van der Waals surface area contributed by atoms with E-state index in [0.717, 1.165) is 29.4 Å². The number of amides is 1. The standard InChI is InChI=1S/C23H24N2O5S/c1-29-21-11-7-18(15-22(21)31(27,28)25-19-8-9-19)23(26)24-12-13-30-20-10-6-16-4-2-3-5-17(16)14-20/h2-7,10-11,14-15,19,25H,8-9,12-13H2,1H3,(H,24,26). The van der Waals surface area contributed by atoms with E-state index < -0.39 is 10.0 Å². The monoisotopic (exact) mass is 440 g/mol. The molecule has 162 valence electrons. The van der Waals surface area contributed by atoms with E-state index in [2.05, 4.69) is 10.0 Å². The van der Waals surface area contributed by atoms with Gasteiger partial charge in [0.1, 0.15) is 23.0 Å². The van der Waals surface area contributed by atoms with Gasteiger partial charge in [0.15, 0.2) is 0 Å². The summed E-state index contributed by atoms with van der Waals surface area (Å²) in [5.74, 6) is 0.536. The molecule has 2 N–H and O–H groups in total. The predicted molar refractivity (Wildman–Crippen MR) is 118 cm³/mol. The van der Waals surface area contributed by atoms with E-state index in [1.807, 2.05) is 42.5 Å². The number of nitrogens with one attached hydrogen (secondary N) is 2. The number of methoxy groups -OCH3 is 1. The van der Waals surface area contributed by atoms with E-state index in [1.165, 1.54) is 25.3 Å². The van der Waals surface area contributed by atoms with E-state index in [4.69, 9.17) is 9.47 Å². The van der Waals surface area contributed by atoms with Gasteiger partial charge in [-0.05, 0) is 53.9 Å². The molecular weight excluding hydrogens is 416 g/mol. The molecule has 0 unspecified atom stereocenters. The SMILES string of the molecule is COc1ccc(C(=O)NCCOc2ccc3ccccc3c2)cc1S(=O)(=O)NC1CC1. The third kappa shape index (κ3) is 5.15. The molecule has 0 atom stereocenters. The lowest BCUT2D eigenvalue weighted by Gasteiger charge is -2.12. The van der Waals surface area contributed by atoms with Gasteiger partial charge in [0.2, 0.25) is 10.0 Å². The van der Waals surface area contributed by atoms with Crippen LogP contribution in [0.3, 0.4) is 0 Å². The first-order valence-corrected chi connectivity index (χ1v) is 11.5. The van der Waals surface area contributed by atoms with Crippen LogP contribution < -0.4 is 19.5 Å². The number of rotatable bonds is 9. The smallest absolute Gasteiger partial charge is 0.251 e. The lowest BCUT2D eigenvalue weighted by atomic mass is 10.1. The highest BCUT2D eigenvalue weighted by molar-refractivity contribution is 7.89. The lowest BCUT2D eigenvalue weighted by molar-refractivity contribution is 0.0946. The molecule has 1 fully saturated rings. The van der Waals surface area contributed by atoms with Gasteiger partial charge in [-0.15, -0.1) is 0 Å². The zero-order valence-electron chi connectivity index (χ0n) is 17.1. The minimum absolute atomic E-state index is 0.0398. The Hall–Kier alpha value is -3.10. The molecular formula is C23H24N2O5S. The van der Waals surface area contributed by atoms with Crippen LogP contribution in [-0.4, -0.2) is 40.6 Å². The van der Waals surface area contributed by atoms with Gasteiger partial charge in [0.25, 0.3) is 5.91 Å². The van der Waals surface area contributed by atoms with E-state index in [9.17, 15) is 13.2 Å². The number of hydrogen-bond donors (Lipinski definition) is 2. The Bertz CT molecular complexity index is 1210. The van der Waals surface area contributed by atoms with Crippen molar-refractivity contribution in [1.29, 1.82) is 0 Å². The van der Waals surface area contributed by atoms with Crippen LogP contribution in [0.25, 0.3) is 10.8 Å². The minimum atomic E-state index is -3.75. The van der Waals surface area contributed by atoms with Crippen LogP contribution in [0, 0.1) is 0 Å². The normalized spacial score (nSPS) is 13.7. The van der Waals surface area contributed by atoms with Crippen molar-refractivity contribution >= 4 is 26.7 Å². The van der Waals surface area contributed by atoms with Crippen molar-refractivity contribution in [2.24, 2.45) is 0 Å². The van der Waals surface area contributed by atoms with Crippen molar-refractivity contribution in [3.8, 4) is 11.5 Å². The summed E-state index contributed by atoms with van der Waals surface area (Å²) in [5, 5.41) is 4.96. The molecule has 4 rings (SSSR count). The summed E-state index contributed by atoms with van der Waals surface area (Å²) in [5.41, 5.74) is 0.239. The van der Waals surface area contributed by atoms with Crippen molar-refractivity contribution in [2.75, 3.05) is 20.3 Å². The molecule has 7 nitrogen and oxygen atoms in total. The molecule has 0 saturated heterocycles. The second kappa shape index (κ2) is 8.95. The maximum Gasteiger partial charge on any atom is 0.251 e. The van der Waals surface area contributed by atoms with Gasteiger partial charge >= 0.3 is 0 Å². The van der Waals surface area contributed by atoms with Gasteiger partial charge < -0.3 is 14.8 Å². The fraction of sp³-hybridized carbons (Fsp3) is 0.261. The third-order valence-corrected chi connectivity index (χ3v) is 6.53. The molecule has 8 heteroatoms. The summed E-state index contributed by atoms with van der Waals surface area (Å²) in [6, 6.07) is 18.1. The summed E-state index contributed by atoms with van der Waals surface area (Å²) >= 11 is 0. The molecule has 0 heterocycles. The van der Waals surface area contributed by atoms with Gasteiger partial charge in [0.05, 0.1) is 13.7 Å². The van der Waals surface area contributed by atoms with Crippen LogP contribution in [0.2, 0.25) is 0 Å². The zero-order chi connectivity index (χ0) is 21.8. The number of hydrogen-bond acceptors (Lipinski definition) is 5. The van der Waals surface area contributed by atoms with E-state index in [0.29, 0.717) is 0 Å². The first-order chi connectivity index (χ1) is 15.0. The molecule has 0 aliphatic heterocycles. The highest BCUT2D eigenvalue weighted by atomic mass is 32.2. The highest BCUT2D eigenvalue weighted by Gasteiger charge is 2.30. The van der Waals surface area contributed by atoms with Gasteiger partial charge in [-0.3, -0.25) is 4.79 Å². The quantitative estimate of drug-likeness (QED) is 0.499. The van der Waals surface area contributed by atoms with Crippen LogP contribution in [0.4, 0.5) is 0 Å². The summed E-state index contributed by atoms with van der Waals surface area (Å²) in [7, 11) is -2.36. The van der Waals surface area contributed by atoms with Gasteiger partial charge in [0, 0.05) is 11.6 Å². The summed E-state index contributed by atoms with van der Waals surface area (Å²) in [4.78, 5) is 12.5. The molecule has 1 amide bonds. The molecule has 0 bridgehead atoms. The Kier molecular flexibility index (Phi) is 6.11. The Labute approximate surface area is 181 Å². The van der Waals surface area contributed by atoms with Crippen LogP contribution in [0.1, 0.15) is 23.2 Å². The molecule has 3 aromatic carbocycles. The van der Waals surface area contributed by atoms with Crippen LogP contribution >= 0.6 is 0 Å². The second-order valence-corrected chi connectivity index (χ2v) is 9.06. The predicted octanol–water partition coefficient (Wildman–Crippen LogP) is 3.10. The number of fused-ring (bicyclic) bond motifs is 1. The van der Waals surface area contributed by atoms with E-state index >= 15 is 0 Å². The zero-order valence-corrected chi connectivity index (χ0v) is 17.9. The number of carbonyl (C=O) groups excluding carboxylic acids is 1. The number of benzene rings is 3. The van der Waals surface area contributed by atoms with Crippen molar-refractivity contribution in [3.05, 3.63) is 66.2 Å². The molecule has 31 heavy (non-hydrogen) atoms. The first-order valence-electron chi connectivity index (χ1n) is 10.1. The van der Waals surface area contributed by atoms with Gasteiger partial charge in [-0.1, -0.05) is 30.3 Å². The van der Waals surface area contributed by atoms with Crippen molar-refractivity contribution in [2.45, 2.75) is 23.8 Å². The Morgan fingerprint density at radius 2 is 1.81 bits per heavy atom. The molecule has 0 spiro atoms. The fourth-order valence-corrected chi connectivity index (χ4v) is 4.70. The number of carbonyl (C=O) groups is 1. The van der Waals surface area contributed by atoms with Gasteiger partial charge in [-0.25, -0.2) is 13.1 Å². The fourth-order valence-electron chi connectivity index (χ4n) is 3.20. The lowest BCUT2D eigenvalue weighted by Crippen LogP contribution is -2.29. The second-order valence-electron chi connectivity index (χ2n) is 7.37. The number of ether oxygens (including phenoxy) is 2. The Balaban J connectivity index is 1.37. The highest BCUT2D eigenvalue weighted by Crippen LogP contribution is 2.28. The summed E-state index contributed by atoms with van der Waals surface area (Å²) in [6.45, 7) is 0.564. The summed E-state index contributed by atoms with van der Waals surface area (Å²) in [6.07, 6.45) is 1.64. The van der Waals surface area contributed by atoms with E-state index in [1.54, 1.807) is 0 Å². The molecule has 0 aromatic heterocycles. The Morgan fingerprint density at radius 1 is 1.03 bits per heavy atom. The van der Waals surface area contributed by atoms with Crippen LogP contribution in [-0.2, 0) is 10.0 Å². The number of sulfonamides is 1. The summed E-state index contributed by atoms with van der Waals surface area (Å²) < 4.78 is 38.7. The van der Waals surface area contributed by atoms with Crippen LogP contribution in [0.15, 0.2) is 65.6 Å².